The maximum absolute atomic E-state index is 12.3. The fourth-order valence-corrected chi connectivity index (χ4v) is 3.18. The normalized spacial score (nSPS) is 32.6. The molecule has 3 atom stereocenters. The Hall–Kier alpha value is -0.650. The van der Waals surface area contributed by atoms with Crippen LogP contribution in [0, 0.1) is 5.92 Å². The monoisotopic (exact) mass is 271 g/mol. The van der Waals surface area contributed by atoms with Crippen molar-refractivity contribution in [1.82, 2.24) is 4.90 Å². The summed E-state index contributed by atoms with van der Waals surface area (Å²) in [6, 6.07) is -0.0406. The zero-order valence-electron chi connectivity index (χ0n) is 11.8. The van der Waals surface area contributed by atoms with E-state index in [4.69, 9.17) is 4.74 Å². The Bertz CT molecular complexity index is 326. The lowest BCUT2D eigenvalue weighted by molar-refractivity contribution is -0.147. The average molecular weight is 271 g/mol. The van der Waals surface area contributed by atoms with Crippen molar-refractivity contribution >= 4 is 5.91 Å². The Balaban J connectivity index is 2.05. The van der Waals surface area contributed by atoms with E-state index in [9.17, 15) is 15.0 Å². The van der Waals surface area contributed by atoms with Gasteiger partial charge in [-0.3, -0.25) is 4.79 Å². The molecule has 1 aliphatic heterocycles. The summed E-state index contributed by atoms with van der Waals surface area (Å²) in [7, 11) is 0. The lowest BCUT2D eigenvalue weighted by Gasteiger charge is -2.41. The molecule has 5 heteroatoms. The van der Waals surface area contributed by atoms with Crippen LogP contribution in [0.3, 0.4) is 0 Å². The fraction of sp³-hybridized carbons (Fsp3) is 0.929. The van der Waals surface area contributed by atoms with Crippen molar-refractivity contribution in [2.24, 2.45) is 5.92 Å². The smallest absolute Gasteiger partial charge is 0.225 e. The van der Waals surface area contributed by atoms with Crippen LogP contribution in [0.1, 0.15) is 39.5 Å². The van der Waals surface area contributed by atoms with Crippen molar-refractivity contribution < 1.29 is 19.7 Å². The number of carbonyl (C=O) groups excluding carboxylic acids is 1. The summed E-state index contributed by atoms with van der Waals surface area (Å²) in [5, 5.41) is 19.8. The number of amides is 1. The molecule has 2 rings (SSSR count). The van der Waals surface area contributed by atoms with Gasteiger partial charge in [0, 0.05) is 12.5 Å². The van der Waals surface area contributed by atoms with Crippen LogP contribution in [0.15, 0.2) is 0 Å². The summed E-state index contributed by atoms with van der Waals surface area (Å²) in [5.41, 5.74) is -0.992. The van der Waals surface area contributed by atoms with Crippen LogP contribution >= 0.6 is 0 Å². The number of carbonyl (C=O) groups is 1. The van der Waals surface area contributed by atoms with Crippen LogP contribution in [0.5, 0.6) is 0 Å². The van der Waals surface area contributed by atoms with E-state index in [1.807, 2.05) is 0 Å². The molecule has 1 amide bonds. The summed E-state index contributed by atoms with van der Waals surface area (Å²) in [4.78, 5) is 14.1. The second-order valence-corrected chi connectivity index (χ2v) is 6.38. The highest BCUT2D eigenvalue weighted by Crippen LogP contribution is 2.32. The fourth-order valence-electron chi connectivity index (χ4n) is 3.18. The first kappa shape index (κ1) is 14.8. The van der Waals surface area contributed by atoms with Crippen LogP contribution in [0.25, 0.3) is 0 Å². The third-order valence-corrected chi connectivity index (χ3v) is 4.10. The highest BCUT2D eigenvalue weighted by atomic mass is 16.5. The van der Waals surface area contributed by atoms with Crippen LogP contribution < -0.4 is 0 Å². The molecule has 110 valence electrons. The Morgan fingerprint density at radius 1 is 1.42 bits per heavy atom. The van der Waals surface area contributed by atoms with Crippen LogP contribution in [-0.4, -0.2) is 58.5 Å². The molecule has 0 bridgehead atoms. The van der Waals surface area contributed by atoms with Crippen molar-refractivity contribution in [3.63, 3.8) is 0 Å². The summed E-state index contributed by atoms with van der Waals surface area (Å²) in [5.74, 6) is 0.0750. The van der Waals surface area contributed by atoms with Gasteiger partial charge in [-0.25, -0.2) is 0 Å². The zero-order valence-corrected chi connectivity index (χ0v) is 11.8. The summed E-state index contributed by atoms with van der Waals surface area (Å²) >= 11 is 0. The quantitative estimate of drug-likeness (QED) is 0.786. The number of hydrogen-bond donors (Lipinski definition) is 2. The van der Waals surface area contributed by atoms with Gasteiger partial charge in [0.1, 0.15) is 0 Å². The topological polar surface area (TPSA) is 70.0 Å². The van der Waals surface area contributed by atoms with Crippen molar-refractivity contribution in [2.75, 3.05) is 19.8 Å². The van der Waals surface area contributed by atoms with Gasteiger partial charge >= 0.3 is 0 Å². The van der Waals surface area contributed by atoms with E-state index >= 15 is 0 Å². The van der Waals surface area contributed by atoms with E-state index in [0.29, 0.717) is 19.8 Å². The minimum absolute atomic E-state index is 0.0406. The molecule has 1 aliphatic carbocycles. The van der Waals surface area contributed by atoms with Gasteiger partial charge in [0.2, 0.25) is 5.91 Å². The first-order chi connectivity index (χ1) is 8.88. The molecule has 1 saturated carbocycles. The third-order valence-electron chi connectivity index (χ3n) is 4.10. The van der Waals surface area contributed by atoms with Gasteiger partial charge in [0.25, 0.3) is 0 Å². The Morgan fingerprint density at radius 3 is 2.74 bits per heavy atom. The number of hydrogen-bond acceptors (Lipinski definition) is 4. The molecule has 2 aliphatic rings. The lowest BCUT2D eigenvalue weighted by atomic mass is 9.93. The van der Waals surface area contributed by atoms with Crippen molar-refractivity contribution in [3.8, 4) is 0 Å². The molecule has 0 spiro atoms. The molecular formula is C14H25NO4. The lowest BCUT2D eigenvalue weighted by Crippen LogP contribution is -2.54. The van der Waals surface area contributed by atoms with Crippen molar-refractivity contribution in [3.05, 3.63) is 0 Å². The molecular weight excluding hydrogens is 246 g/mol. The molecule has 1 heterocycles. The number of aliphatic hydroxyl groups is 2. The maximum Gasteiger partial charge on any atom is 0.225 e. The highest BCUT2D eigenvalue weighted by molar-refractivity contribution is 5.77. The first-order valence-electron chi connectivity index (χ1n) is 7.16. The minimum atomic E-state index is -0.992. The molecule has 1 saturated heterocycles. The molecule has 0 unspecified atom stereocenters. The van der Waals surface area contributed by atoms with Gasteiger partial charge < -0.3 is 19.8 Å². The summed E-state index contributed by atoms with van der Waals surface area (Å²) in [6.45, 7) is 4.88. The summed E-state index contributed by atoms with van der Waals surface area (Å²) in [6.07, 6.45) is 2.56. The molecule has 19 heavy (non-hydrogen) atoms. The predicted molar refractivity (Wildman–Crippen MR) is 70.6 cm³/mol. The van der Waals surface area contributed by atoms with Crippen LogP contribution in [0.2, 0.25) is 0 Å². The van der Waals surface area contributed by atoms with Crippen molar-refractivity contribution in [2.45, 2.75) is 57.3 Å². The number of nitrogens with zero attached hydrogens (tertiary/aromatic N) is 1. The predicted octanol–water partition coefficient (Wildman–Crippen LogP) is 0.536. The number of morpholine rings is 1. The van der Waals surface area contributed by atoms with Gasteiger partial charge in [-0.2, -0.15) is 0 Å². The zero-order chi connectivity index (χ0) is 14.0. The number of ether oxygens (including phenoxy) is 1. The van der Waals surface area contributed by atoms with Crippen LogP contribution in [-0.2, 0) is 9.53 Å². The van der Waals surface area contributed by atoms with Gasteiger partial charge in [-0.15, -0.1) is 0 Å². The maximum atomic E-state index is 12.3. The largest absolute Gasteiger partial charge is 0.393 e. The molecule has 2 N–H and O–H groups in total. The van der Waals surface area contributed by atoms with E-state index in [1.165, 1.54) is 0 Å². The first-order valence-corrected chi connectivity index (χ1v) is 7.16. The Labute approximate surface area is 114 Å². The van der Waals surface area contributed by atoms with Crippen LogP contribution in [0.4, 0.5) is 0 Å². The third kappa shape index (κ3) is 3.68. The van der Waals surface area contributed by atoms with E-state index in [0.717, 1.165) is 19.3 Å². The second-order valence-electron chi connectivity index (χ2n) is 6.38. The van der Waals surface area contributed by atoms with E-state index in [1.54, 1.807) is 18.7 Å². The molecule has 2 fully saturated rings. The van der Waals surface area contributed by atoms with Gasteiger partial charge in [-0.05, 0) is 26.7 Å². The van der Waals surface area contributed by atoms with Gasteiger partial charge in [0.15, 0.2) is 0 Å². The molecule has 5 nitrogen and oxygen atoms in total. The number of aliphatic hydroxyl groups excluding tert-OH is 1. The molecule has 0 radical (unpaired) electrons. The standard InChI is InChI=1S/C14H25NO4/c1-14(2,18)8-13(17)15-6-7-19-9-11(15)10-4-3-5-12(10)16/h10-12,16,18H,3-9H2,1-2H3/t10-,11-,12+/m1/s1. The van der Waals surface area contributed by atoms with Gasteiger partial charge in [0.05, 0.1) is 37.4 Å². The van der Waals surface area contributed by atoms with Crippen molar-refractivity contribution in [1.29, 1.82) is 0 Å². The van der Waals surface area contributed by atoms with E-state index in [2.05, 4.69) is 0 Å². The average Bonchev–Trinajstić information content (AvgIpc) is 2.73. The van der Waals surface area contributed by atoms with Gasteiger partial charge in [-0.1, -0.05) is 6.42 Å². The number of rotatable bonds is 3. The molecule has 0 aromatic carbocycles. The molecule has 0 aromatic rings. The molecule has 0 aromatic heterocycles. The summed E-state index contributed by atoms with van der Waals surface area (Å²) < 4.78 is 5.49. The Kier molecular flexibility index (Phi) is 4.48. The second kappa shape index (κ2) is 5.77. The Morgan fingerprint density at radius 2 is 2.16 bits per heavy atom. The highest BCUT2D eigenvalue weighted by Gasteiger charge is 2.40. The minimum Gasteiger partial charge on any atom is -0.393 e. The SMILES string of the molecule is CC(C)(O)CC(=O)N1CCOC[C@@H]1[C@H]1CCC[C@@H]1O. The van der Waals surface area contributed by atoms with E-state index in [-0.39, 0.29) is 30.4 Å². The van der Waals surface area contributed by atoms with E-state index < -0.39 is 5.60 Å².